The average molecular weight is 1730 g/mol. The first-order valence-electron chi connectivity index (χ1n) is 38.8. The topological polar surface area (TPSA) is 428 Å². The maximum Gasteiger partial charge on any atom is 0.582 e. The molecule has 4 aliphatic rings. The Bertz CT molecular complexity index is 4990. The van der Waals surface area contributed by atoms with Gasteiger partial charge in [0, 0.05) is 50.2 Å². The Morgan fingerprint density at radius 1 is 0.360 bits per heavy atom. The molecule has 114 heavy (non-hydrogen) atoms. The number of carbonyl (C=O) groups excluding carboxylic acids is 1. The third kappa shape index (κ3) is 25.7. The van der Waals surface area contributed by atoms with Crippen LogP contribution in [0.1, 0.15) is 113 Å². The zero-order valence-corrected chi connectivity index (χ0v) is 72.5. The zero-order valence-electron chi connectivity index (χ0n) is 65.4. The van der Waals surface area contributed by atoms with E-state index in [1.807, 2.05) is 97.1 Å². The van der Waals surface area contributed by atoms with Crippen LogP contribution < -0.4 is 11.0 Å². The summed E-state index contributed by atoms with van der Waals surface area (Å²) in [5.74, 6) is -0.228. The van der Waals surface area contributed by atoms with Crippen LogP contribution in [0.3, 0.4) is 0 Å². The number of quaternary nitrogens is 2. The van der Waals surface area contributed by atoms with Gasteiger partial charge in [0.25, 0.3) is 50.6 Å². The second-order valence-electron chi connectivity index (χ2n) is 30.9. The quantitative estimate of drug-likeness (QED) is 0.0103. The molecule has 0 saturated heterocycles. The molecule has 40 heteroatoms. The lowest BCUT2D eigenvalue weighted by Crippen LogP contribution is -2.70. The summed E-state index contributed by atoms with van der Waals surface area (Å²) in [5.41, 5.74) is 3.66. The van der Waals surface area contributed by atoms with E-state index < -0.39 is 105 Å². The first-order chi connectivity index (χ1) is 53.9. The third-order valence-corrected chi connectivity index (χ3v) is 36.5. The smallest absolute Gasteiger partial charge is 0.404 e. The third-order valence-electron chi connectivity index (χ3n) is 20.8. The van der Waals surface area contributed by atoms with Crippen molar-refractivity contribution in [3.05, 3.63) is 130 Å². The SMILES string of the molecule is CC(=O)CCOCCOCCOCCOCC[N+](CCCCS(=O)(=O)O)(CCCCS(=O)(=O)O)CCC[Si](C)(C)O[Si]1(O[Si](C)(C)CCC[N+](CCCCS(=O)(=O)O)(CCCCS(=O)(=O)O)CCCCS(=O)(=O)O)n2c3c4ccccc4c2N=C2N=C(N=c4c5ccccc5c(n41)=NC1=NC(=N3)c3ccccc31)c1ccccc12. The van der Waals surface area contributed by atoms with Crippen LogP contribution in [0.2, 0.25) is 38.3 Å². The van der Waals surface area contributed by atoms with E-state index in [0.717, 1.165) is 0 Å². The summed E-state index contributed by atoms with van der Waals surface area (Å²) in [5, 5.41) is 2.68. The molecule has 6 heterocycles. The Morgan fingerprint density at radius 2 is 0.640 bits per heavy atom. The molecule has 0 spiro atoms. The summed E-state index contributed by atoms with van der Waals surface area (Å²) in [6.45, 7) is 15.2. The van der Waals surface area contributed by atoms with E-state index in [9.17, 15) is 69.6 Å². The molecule has 4 aromatic carbocycles. The molecule has 1 atom stereocenters. The van der Waals surface area contributed by atoms with Crippen LogP contribution in [-0.4, -0.2) is 271 Å². The fourth-order valence-corrected chi connectivity index (χ4v) is 30.8. The minimum Gasteiger partial charge on any atom is -0.404 e. The van der Waals surface area contributed by atoms with Gasteiger partial charge < -0.3 is 36.1 Å². The van der Waals surface area contributed by atoms with Gasteiger partial charge in [-0.2, -0.15) is 42.1 Å². The van der Waals surface area contributed by atoms with Crippen LogP contribution in [-0.2, 0) is 82.6 Å². The lowest BCUT2D eigenvalue weighted by Gasteiger charge is -2.44. The van der Waals surface area contributed by atoms with Crippen LogP contribution in [0, 0.1) is 0 Å². The molecule has 6 aromatic rings. The predicted octanol–water partition coefficient (Wildman–Crippen LogP) is 8.61. The molecule has 4 aliphatic heterocycles. The lowest BCUT2D eigenvalue weighted by molar-refractivity contribution is -0.929. The van der Waals surface area contributed by atoms with Crippen molar-refractivity contribution >= 4 is 138 Å². The number of amidine groups is 4. The number of hydrogen-bond acceptors (Lipinski definition) is 23. The minimum atomic E-state index is -4.97. The van der Waals surface area contributed by atoms with E-state index in [-0.39, 0.29) is 68.8 Å². The van der Waals surface area contributed by atoms with Gasteiger partial charge in [0.2, 0.25) is 0 Å². The molecule has 0 fully saturated rings. The number of aliphatic imine (C=N–C) groups is 4. The number of carbonyl (C=O) groups is 1. The number of aromatic nitrogens is 2. The van der Waals surface area contributed by atoms with E-state index >= 15 is 0 Å². The number of ether oxygens (including phenoxy) is 4. The summed E-state index contributed by atoms with van der Waals surface area (Å²) in [7, 11) is -33.7. The lowest BCUT2D eigenvalue weighted by atomic mass is 10.1. The van der Waals surface area contributed by atoms with Gasteiger partial charge in [-0.15, -0.1) is 0 Å². The van der Waals surface area contributed by atoms with E-state index in [1.165, 1.54) is 6.92 Å². The summed E-state index contributed by atoms with van der Waals surface area (Å²) < 4.78 is 217. The molecule has 10 rings (SSSR count). The van der Waals surface area contributed by atoms with Crippen molar-refractivity contribution < 1.29 is 106 Å². The highest BCUT2D eigenvalue weighted by Gasteiger charge is 2.58. The predicted molar refractivity (Wildman–Crippen MR) is 443 cm³/mol. The molecule has 5 N–H and O–H groups in total. The van der Waals surface area contributed by atoms with Crippen molar-refractivity contribution in [2.75, 3.05) is 134 Å². The minimum absolute atomic E-state index is 0.0383. The van der Waals surface area contributed by atoms with Crippen LogP contribution in [0.25, 0.3) is 21.5 Å². The summed E-state index contributed by atoms with van der Waals surface area (Å²) in [6, 6.07) is 31.9. The van der Waals surface area contributed by atoms with Crippen LogP contribution in [0.5, 0.6) is 0 Å². The van der Waals surface area contributed by atoms with Gasteiger partial charge in [-0.1, -0.05) is 97.1 Å². The summed E-state index contributed by atoms with van der Waals surface area (Å²) in [4.78, 5) is 44.6. The molecule has 626 valence electrons. The van der Waals surface area contributed by atoms with E-state index in [1.54, 1.807) is 0 Å². The molecular formula is C74H108N10O22S5Si3+2. The molecule has 0 saturated carbocycles. The second-order valence-corrected chi connectivity index (χ2v) is 50.5. The molecule has 0 aliphatic carbocycles. The van der Waals surface area contributed by atoms with Crippen molar-refractivity contribution in [1.29, 1.82) is 0 Å². The second kappa shape index (κ2) is 39.1. The maximum atomic E-state index is 12.2. The fraction of sp³-hybridized carbons (Fsp3) is 0.554. The number of nitrogens with zero attached hydrogens (tertiary/aromatic N) is 10. The molecule has 2 aromatic heterocycles. The van der Waals surface area contributed by atoms with Crippen molar-refractivity contribution in [3.8, 4) is 0 Å². The van der Waals surface area contributed by atoms with E-state index in [0.29, 0.717) is 236 Å². The number of unbranched alkanes of at least 4 members (excludes halogenated alkanes) is 5. The molecule has 0 radical (unpaired) electrons. The Balaban J connectivity index is 1.11. The van der Waals surface area contributed by atoms with Gasteiger partial charge in [0.05, 0.1) is 127 Å². The van der Waals surface area contributed by atoms with Gasteiger partial charge in [0.1, 0.15) is 34.9 Å². The molecular weight excluding hydrogens is 1630 g/mol. The summed E-state index contributed by atoms with van der Waals surface area (Å²) >= 11 is 0. The molecule has 1 unspecified atom stereocenters. The highest BCUT2D eigenvalue weighted by Crippen LogP contribution is 2.46. The van der Waals surface area contributed by atoms with E-state index in [2.05, 4.69) is 34.7 Å². The number of fused-ring (bicyclic) bond motifs is 14. The van der Waals surface area contributed by atoms with Gasteiger partial charge in [-0.3, -0.25) is 36.0 Å². The maximum absolute atomic E-state index is 12.2. The number of benzene rings is 4. The molecule has 6 bridgehead atoms. The van der Waals surface area contributed by atoms with Crippen LogP contribution in [0.4, 0.5) is 11.6 Å². The monoisotopic (exact) mass is 1730 g/mol. The largest absolute Gasteiger partial charge is 0.582 e. The normalized spacial score (nSPS) is 15.9. The molecule has 32 nitrogen and oxygen atoms in total. The fourth-order valence-electron chi connectivity index (χ4n) is 15.4. The summed E-state index contributed by atoms with van der Waals surface area (Å²) in [6.07, 6.45) is 3.30. The van der Waals surface area contributed by atoms with Crippen molar-refractivity contribution in [2.24, 2.45) is 30.0 Å². The van der Waals surface area contributed by atoms with Crippen LogP contribution >= 0.6 is 0 Å². The van der Waals surface area contributed by atoms with E-state index in [4.69, 9.17) is 57.1 Å². The first-order valence-corrected chi connectivity index (χ1v) is 54.8. The van der Waals surface area contributed by atoms with Crippen molar-refractivity contribution in [3.63, 3.8) is 0 Å². The van der Waals surface area contributed by atoms with Crippen LogP contribution in [0.15, 0.2) is 127 Å². The number of Topliss-reactive ketones (excluding diaryl/α,β-unsaturated/α-hetero) is 1. The highest BCUT2D eigenvalue weighted by atomic mass is 32.2. The Kier molecular flexibility index (Phi) is 30.9. The zero-order chi connectivity index (χ0) is 82.2. The number of rotatable bonds is 52. The van der Waals surface area contributed by atoms with Crippen molar-refractivity contribution in [1.82, 2.24) is 8.47 Å². The number of ketones is 1. The van der Waals surface area contributed by atoms with Crippen molar-refractivity contribution in [2.45, 2.75) is 129 Å². The molecule has 0 amide bonds. The Hall–Kier alpha value is -6.21. The average Bonchev–Trinajstić information content (AvgIpc) is 1.52. The van der Waals surface area contributed by atoms with Gasteiger partial charge in [-0.05, 0) is 122 Å². The number of hydrogen-bond donors (Lipinski definition) is 5. The highest BCUT2D eigenvalue weighted by molar-refractivity contribution is 7.86. The standard InChI is InChI=1S/C74H106N10O22S5Si3/c1-58(85)34-43-101-45-47-103-49-50-104-48-46-102-44-42-84(38-17-22-54-110(95,96)97,39-18-23-55-111(98,99)100)41-25-57-113(4,5)106-114(105-112(2,3)56-24-40-83(35-14-19-51-107(86,87)88,36-15-20-52-108(89,90)91)37-16-21-53-109(92,93)94)81-71-63-30-10-11-31-64(63)73(81)79-69-61-28-8-9-29-62(61)70(76-69)80-74-66-33-13-12-32-65(66)72(82(74)114)78-68-60-27-7-6-26-59(60)67(75-68)77-71/h6-13,26-33H,14-25,34-57H2,1-5H3,(H3-2,86,87,88,89,90,91,92,93,94,95,96,97,98,99,100)/p+2. The van der Waals surface area contributed by atoms with Gasteiger partial charge in [-0.25, -0.2) is 30.0 Å². The van der Waals surface area contributed by atoms with Gasteiger partial charge in [0.15, 0.2) is 40.0 Å². The Morgan fingerprint density at radius 3 is 0.965 bits per heavy atom. The van der Waals surface area contributed by atoms with Gasteiger partial charge >= 0.3 is 8.88 Å². The first kappa shape index (κ1) is 90.1. The Labute approximate surface area is 671 Å².